The van der Waals surface area contributed by atoms with Crippen LogP contribution in [0.4, 0.5) is 4.79 Å². The van der Waals surface area contributed by atoms with E-state index in [2.05, 4.69) is 35.8 Å². The van der Waals surface area contributed by atoms with E-state index in [1.807, 2.05) is 38.1 Å². The number of benzene rings is 2. The van der Waals surface area contributed by atoms with Crippen molar-refractivity contribution in [3.63, 3.8) is 0 Å². The summed E-state index contributed by atoms with van der Waals surface area (Å²) in [5.74, 6) is 0.788. The summed E-state index contributed by atoms with van der Waals surface area (Å²) in [5, 5.41) is 5.54. The molecule has 0 aliphatic heterocycles. The van der Waals surface area contributed by atoms with Gasteiger partial charge in [0.2, 0.25) is 0 Å². The van der Waals surface area contributed by atoms with Crippen LogP contribution in [0, 0.1) is 20.8 Å². The van der Waals surface area contributed by atoms with E-state index in [0.29, 0.717) is 6.54 Å². The summed E-state index contributed by atoms with van der Waals surface area (Å²) in [6, 6.07) is 13.9. The molecule has 122 valence electrons. The molecule has 0 saturated heterocycles. The zero-order chi connectivity index (χ0) is 16.7. The smallest absolute Gasteiger partial charge is 0.317 e. The van der Waals surface area contributed by atoms with Gasteiger partial charge >= 0.3 is 6.03 Å². The van der Waals surface area contributed by atoms with Crippen molar-refractivity contribution in [1.29, 1.82) is 0 Å². The van der Waals surface area contributed by atoms with E-state index in [4.69, 9.17) is 4.74 Å². The van der Waals surface area contributed by atoms with Gasteiger partial charge in [0.15, 0.2) is 6.73 Å². The van der Waals surface area contributed by atoms with Crippen LogP contribution in [0.25, 0.3) is 0 Å². The van der Waals surface area contributed by atoms with Gasteiger partial charge in [-0.15, -0.1) is 0 Å². The third-order valence-electron chi connectivity index (χ3n) is 3.73. The lowest BCUT2D eigenvalue weighted by Gasteiger charge is -2.12. The predicted molar refractivity (Wildman–Crippen MR) is 92.8 cm³/mol. The lowest BCUT2D eigenvalue weighted by molar-refractivity contribution is 0.224. The molecule has 0 unspecified atom stereocenters. The Kier molecular flexibility index (Phi) is 6.03. The van der Waals surface area contributed by atoms with Crippen LogP contribution in [0.1, 0.15) is 22.3 Å². The van der Waals surface area contributed by atoms with E-state index < -0.39 is 0 Å². The summed E-state index contributed by atoms with van der Waals surface area (Å²) in [6.07, 6.45) is 0.817. The predicted octanol–water partition coefficient (Wildman–Crippen LogP) is 3.49. The number of hydrogen-bond acceptors (Lipinski definition) is 2. The lowest BCUT2D eigenvalue weighted by Crippen LogP contribution is -2.38. The second-order valence-electron chi connectivity index (χ2n) is 5.67. The largest absolute Gasteiger partial charge is 0.473 e. The Bertz CT molecular complexity index is 668. The number of rotatable bonds is 6. The van der Waals surface area contributed by atoms with E-state index in [9.17, 15) is 4.79 Å². The maximum Gasteiger partial charge on any atom is 0.317 e. The molecule has 0 heterocycles. The number of carbonyl (C=O) groups is 1. The molecular formula is C19H24N2O2. The van der Waals surface area contributed by atoms with Crippen LogP contribution in [0.15, 0.2) is 42.5 Å². The lowest BCUT2D eigenvalue weighted by atomic mass is 10.1. The SMILES string of the molecule is Cc1ccc(OCNC(=O)NCCc2ccccc2C)c(C)c1. The van der Waals surface area contributed by atoms with Crippen molar-refractivity contribution in [3.05, 3.63) is 64.7 Å². The zero-order valence-corrected chi connectivity index (χ0v) is 14.0. The maximum atomic E-state index is 11.7. The van der Waals surface area contributed by atoms with Crippen molar-refractivity contribution >= 4 is 6.03 Å². The molecule has 0 atom stereocenters. The first-order valence-electron chi connectivity index (χ1n) is 7.82. The number of aryl methyl sites for hydroxylation is 3. The highest BCUT2D eigenvalue weighted by Crippen LogP contribution is 2.18. The molecule has 0 radical (unpaired) electrons. The molecule has 0 spiro atoms. The van der Waals surface area contributed by atoms with Crippen molar-refractivity contribution in [2.45, 2.75) is 27.2 Å². The van der Waals surface area contributed by atoms with Gasteiger partial charge in [-0.05, 0) is 49.9 Å². The maximum absolute atomic E-state index is 11.7. The molecule has 0 aliphatic rings. The van der Waals surface area contributed by atoms with Gasteiger partial charge in [0, 0.05) is 6.54 Å². The molecule has 0 saturated carbocycles. The van der Waals surface area contributed by atoms with Crippen LogP contribution in [0.3, 0.4) is 0 Å². The normalized spacial score (nSPS) is 10.2. The third kappa shape index (κ3) is 5.33. The molecule has 2 aromatic carbocycles. The zero-order valence-electron chi connectivity index (χ0n) is 14.0. The standard InChI is InChI=1S/C19H24N2O2/c1-14-8-9-18(16(3)12-14)23-13-21-19(22)20-11-10-17-7-5-4-6-15(17)2/h4-9,12H,10-11,13H2,1-3H3,(H2,20,21,22). The monoisotopic (exact) mass is 312 g/mol. The summed E-state index contributed by atoms with van der Waals surface area (Å²) < 4.78 is 5.57. The highest BCUT2D eigenvalue weighted by atomic mass is 16.5. The molecule has 0 aliphatic carbocycles. The van der Waals surface area contributed by atoms with Crippen molar-refractivity contribution in [2.24, 2.45) is 0 Å². The molecule has 23 heavy (non-hydrogen) atoms. The number of amides is 2. The Balaban J connectivity index is 1.68. The summed E-state index contributed by atoms with van der Waals surface area (Å²) >= 11 is 0. The molecular weight excluding hydrogens is 288 g/mol. The topological polar surface area (TPSA) is 50.4 Å². The number of urea groups is 1. The van der Waals surface area contributed by atoms with Crippen LogP contribution in [-0.2, 0) is 6.42 Å². The molecule has 2 amide bonds. The minimum atomic E-state index is -0.219. The first-order chi connectivity index (χ1) is 11.1. The third-order valence-corrected chi connectivity index (χ3v) is 3.73. The minimum absolute atomic E-state index is 0.153. The second kappa shape index (κ2) is 8.22. The molecule has 0 aromatic heterocycles. The van der Waals surface area contributed by atoms with Gasteiger partial charge in [0.05, 0.1) is 0 Å². The highest BCUT2D eigenvalue weighted by Gasteiger charge is 2.03. The van der Waals surface area contributed by atoms with Crippen molar-refractivity contribution < 1.29 is 9.53 Å². The van der Waals surface area contributed by atoms with Crippen LogP contribution in [-0.4, -0.2) is 19.3 Å². The first-order valence-corrected chi connectivity index (χ1v) is 7.82. The Morgan fingerprint density at radius 2 is 1.78 bits per heavy atom. The summed E-state index contributed by atoms with van der Waals surface area (Å²) in [7, 11) is 0. The fourth-order valence-electron chi connectivity index (χ4n) is 2.40. The van der Waals surface area contributed by atoms with E-state index in [-0.39, 0.29) is 12.8 Å². The Hall–Kier alpha value is -2.49. The fourth-order valence-corrected chi connectivity index (χ4v) is 2.40. The molecule has 2 aromatic rings. The Labute approximate surface area is 137 Å². The highest BCUT2D eigenvalue weighted by molar-refractivity contribution is 5.73. The van der Waals surface area contributed by atoms with Gasteiger partial charge < -0.3 is 15.4 Å². The quantitative estimate of drug-likeness (QED) is 0.802. The molecule has 0 fully saturated rings. The second-order valence-corrected chi connectivity index (χ2v) is 5.67. The molecule has 2 rings (SSSR count). The Morgan fingerprint density at radius 3 is 2.52 bits per heavy atom. The van der Waals surface area contributed by atoms with Gasteiger partial charge in [-0.1, -0.05) is 42.0 Å². The van der Waals surface area contributed by atoms with Gasteiger partial charge in [0.25, 0.3) is 0 Å². The molecule has 4 heteroatoms. The molecule has 4 nitrogen and oxygen atoms in total. The molecule has 2 N–H and O–H groups in total. The van der Waals surface area contributed by atoms with Gasteiger partial charge in [0.1, 0.15) is 5.75 Å². The van der Waals surface area contributed by atoms with Crippen LogP contribution < -0.4 is 15.4 Å². The van der Waals surface area contributed by atoms with Gasteiger partial charge in [-0.25, -0.2) is 4.79 Å². The number of nitrogens with one attached hydrogen (secondary N) is 2. The van der Waals surface area contributed by atoms with Crippen LogP contribution in [0.2, 0.25) is 0 Å². The van der Waals surface area contributed by atoms with Crippen molar-refractivity contribution in [1.82, 2.24) is 10.6 Å². The average molecular weight is 312 g/mol. The number of ether oxygens (including phenoxy) is 1. The van der Waals surface area contributed by atoms with Crippen molar-refractivity contribution in [3.8, 4) is 5.75 Å². The van der Waals surface area contributed by atoms with E-state index in [0.717, 1.165) is 17.7 Å². The average Bonchev–Trinajstić information content (AvgIpc) is 2.51. The summed E-state index contributed by atoms with van der Waals surface area (Å²) in [6.45, 7) is 6.86. The summed E-state index contributed by atoms with van der Waals surface area (Å²) in [4.78, 5) is 11.7. The minimum Gasteiger partial charge on any atom is -0.473 e. The number of hydrogen-bond donors (Lipinski definition) is 2. The van der Waals surface area contributed by atoms with Gasteiger partial charge in [-0.2, -0.15) is 0 Å². The summed E-state index contributed by atoms with van der Waals surface area (Å²) in [5.41, 5.74) is 4.75. The number of carbonyl (C=O) groups excluding carboxylic acids is 1. The van der Waals surface area contributed by atoms with Crippen molar-refractivity contribution in [2.75, 3.05) is 13.3 Å². The Morgan fingerprint density at radius 1 is 1.00 bits per heavy atom. The van der Waals surface area contributed by atoms with Crippen LogP contribution >= 0.6 is 0 Å². The van der Waals surface area contributed by atoms with Crippen LogP contribution in [0.5, 0.6) is 5.75 Å². The fraction of sp³-hybridized carbons (Fsp3) is 0.316. The first kappa shape index (κ1) is 16.9. The van der Waals surface area contributed by atoms with E-state index in [1.165, 1.54) is 16.7 Å². The molecule has 0 bridgehead atoms. The van der Waals surface area contributed by atoms with E-state index >= 15 is 0 Å². The van der Waals surface area contributed by atoms with E-state index in [1.54, 1.807) is 0 Å². The van der Waals surface area contributed by atoms with Gasteiger partial charge in [-0.3, -0.25) is 0 Å².